The lowest BCUT2D eigenvalue weighted by Gasteiger charge is -2.14. The van der Waals surface area contributed by atoms with Crippen LogP contribution in [0.15, 0.2) is 42.5 Å². The highest BCUT2D eigenvalue weighted by molar-refractivity contribution is 6.06. The zero-order valence-corrected chi connectivity index (χ0v) is 15.2. The van der Waals surface area contributed by atoms with E-state index in [-0.39, 0.29) is 35.8 Å². The topological polar surface area (TPSA) is 64.3 Å². The molecule has 146 valence electrons. The number of carbonyl (C=O) groups excluding carboxylic acids is 1. The van der Waals surface area contributed by atoms with E-state index in [2.05, 4.69) is 5.32 Å². The number of alkyl halides is 3. The predicted molar refractivity (Wildman–Crippen MR) is 99.2 cm³/mol. The maximum absolute atomic E-state index is 13.0. The fourth-order valence-electron chi connectivity index (χ4n) is 2.52. The van der Waals surface area contributed by atoms with Crippen LogP contribution in [-0.4, -0.2) is 12.5 Å². The van der Waals surface area contributed by atoms with Gasteiger partial charge in [-0.05, 0) is 54.7 Å². The second kappa shape index (κ2) is 8.63. The Morgan fingerprint density at radius 2 is 1.89 bits per heavy atom. The maximum Gasteiger partial charge on any atom is 0.416 e. The van der Waals surface area contributed by atoms with Gasteiger partial charge >= 0.3 is 6.18 Å². The van der Waals surface area contributed by atoms with Gasteiger partial charge in [-0.2, -0.15) is 13.2 Å². The van der Waals surface area contributed by atoms with Gasteiger partial charge in [0.05, 0.1) is 17.7 Å². The molecule has 0 unspecified atom stereocenters. The molecule has 1 aliphatic carbocycles. The average Bonchev–Trinajstić information content (AvgIpc) is 3.43. The third-order valence-corrected chi connectivity index (χ3v) is 4.12. The van der Waals surface area contributed by atoms with E-state index in [1.165, 1.54) is 6.07 Å². The van der Waals surface area contributed by atoms with Crippen molar-refractivity contribution in [1.82, 2.24) is 0 Å². The molecule has 4 nitrogen and oxygen atoms in total. The van der Waals surface area contributed by atoms with Crippen LogP contribution in [0, 0.1) is 5.92 Å². The molecule has 8 heteroatoms. The molecule has 0 spiro atoms. The first kappa shape index (κ1) is 21.1. The standard InChI is InChI=1S/C19H19F3N2O2.ClH/c20-19(21,22)14-7-13(10-23)8-15(9-14)24-18(25)16-3-1-2-4-17(16)26-11-12-5-6-12;/h1-4,7-9,12H,5-6,10-11,23H2,(H,24,25);1H. The summed E-state index contributed by atoms with van der Waals surface area (Å²) >= 11 is 0. The van der Waals surface area contributed by atoms with E-state index < -0.39 is 17.6 Å². The molecule has 3 rings (SSSR count). The van der Waals surface area contributed by atoms with Gasteiger partial charge in [0.15, 0.2) is 0 Å². The third-order valence-electron chi connectivity index (χ3n) is 4.12. The van der Waals surface area contributed by atoms with Crippen LogP contribution in [0.4, 0.5) is 18.9 Å². The summed E-state index contributed by atoms with van der Waals surface area (Å²) in [6.07, 6.45) is -2.29. The van der Waals surface area contributed by atoms with E-state index in [1.54, 1.807) is 24.3 Å². The number of anilines is 1. The van der Waals surface area contributed by atoms with E-state index in [0.29, 0.717) is 18.3 Å². The summed E-state index contributed by atoms with van der Waals surface area (Å²) in [7, 11) is 0. The molecule has 0 bridgehead atoms. The minimum atomic E-state index is -4.52. The molecule has 1 amide bonds. The zero-order chi connectivity index (χ0) is 18.7. The van der Waals surface area contributed by atoms with Crippen LogP contribution in [0.5, 0.6) is 5.75 Å². The Bertz CT molecular complexity index is 808. The quantitative estimate of drug-likeness (QED) is 0.743. The van der Waals surface area contributed by atoms with Crippen LogP contribution in [-0.2, 0) is 12.7 Å². The van der Waals surface area contributed by atoms with Crippen molar-refractivity contribution >= 4 is 24.0 Å². The first-order valence-electron chi connectivity index (χ1n) is 8.31. The SMILES string of the molecule is Cl.NCc1cc(NC(=O)c2ccccc2OCC2CC2)cc(C(F)(F)F)c1. The Balaban J connectivity index is 0.00000261. The van der Waals surface area contributed by atoms with E-state index >= 15 is 0 Å². The van der Waals surface area contributed by atoms with Crippen LogP contribution in [0.2, 0.25) is 0 Å². The number of para-hydroxylation sites is 1. The number of carbonyl (C=O) groups is 1. The van der Waals surface area contributed by atoms with Crippen LogP contribution in [0.3, 0.4) is 0 Å². The summed E-state index contributed by atoms with van der Waals surface area (Å²) in [5.74, 6) is 0.406. The number of halogens is 4. The molecule has 1 saturated carbocycles. The fourth-order valence-corrected chi connectivity index (χ4v) is 2.52. The van der Waals surface area contributed by atoms with Crippen molar-refractivity contribution in [3.8, 4) is 5.75 Å². The first-order chi connectivity index (χ1) is 12.4. The molecule has 0 aromatic heterocycles. The maximum atomic E-state index is 13.0. The van der Waals surface area contributed by atoms with E-state index in [9.17, 15) is 18.0 Å². The van der Waals surface area contributed by atoms with Gasteiger partial charge in [0, 0.05) is 12.2 Å². The van der Waals surface area contributed by atoms with Crippen LogP contribution < -0.4 is 15.8 Å². The minimum absolute atomic E-state index is 0. The normalized spacial score (nSPS) is 13.6. The zero-order valence-electron chi connectivity index (χ0n) is 14.4. The fraction of sp³-hybridized carbons (Fsp3) is 0.316. The molecular formula is C19H20ClF3N2O2. The van der Waals surface area contributed by atoms with Gasteiger partial charge in [0.1, 0.15) is 5.75 Å². The van der Waals surface area contributed by atoms with Gasteiger partial charge in [-0.3, -0.25) is 4.79 Å². The molecule has 27 heavy (non-hydrogen) atoms. The molecule has 2 aromatic rings. The van der Waals surface area contributed by atoms with Gasteiger partial charge in [-0.1, -0.05) is 12.1 Å². The van der Waals surface area contributed by atoms with Crippen molar-refractivity contribution in [2.75, 3.05) is 11.9 Å². The monoisotopic (exact) mass is 400 g/mol. The average molecular weight is 401 g/mol. The number of hydrogen-bond donors (Lipinski definition) is 2. The molecule has 0 aliphatic heterocycles. The predicted octanol–water partition coefficient (Wildman–Crippen LogP) is 4.63. The number of benzene rings is 2. The number of hydrogen-bond acceptors (Lipinski definition) is 3. The number of amides is 1. The van der Waals surface area contributed by atoms with Crippen molar-refractivity contribution in [3.05, 3.63) is 59.2 Å². The molecule has 3 N–H and O–H groups in total. The number of nitrogens with two attached hydrogens (primary N) is 1. The minimum Gasteiger partial charge on any atom is -0.492 e. The molecule has 1 fully saturated rings. The summed E-state index contributed by atoms with van der Waals surface area (Å²) in [5.41, 5.74) is 5.22. The van der Waals surface area contributed by atoms with Gasteiger partial charge < -0.3 is 15.8 Å². The second-order valence-corrected chi connectivity index (χ2v) is 6.33. The molecule has 0 radical (unpaired) electrons. The molecule has 0 saturated heterocycles. The van der Waals surface area contributed by atoms with Gasteiger partial charge in [-0.15, -0.1) is 12.4 Å². The highest BCUT2D eigenvalue weighted by Gasteiger charge is 2.31. The molecule has 2 aromatic carbocycles. The lowest BCUT2D eigenvalue weighted by atomic mass is 10.1. The Morgan fingerprint density at radius 1 is 1.19 bits per heavy atom. The van der Waals surface area contributed by atoms with E-state index in [0.717, 1.165) is 25.0 Å². The van der Waals surface area contributed by atoms with Crippen molar-refractivity contribution < 1.29 is 22.7 Å². The Morgan fingerprint density at radius 3 is 2.52 bits per heavy atom. The lowest BCUT2D eigenvalue weighted by molar-refractivity contribution is -0.137. The second-order valence-electron chi connectivity index (χ2n) is 6.33. The van der Waals surface area contributed by atoms with Crippen LogP contribution in [0.25, 0.3) is 0 Å². The van der Waals surface area contributed by atoms with Crippen LogP contribution in [0.1, 0.15) is 34.3 Å². The van der Waals surface area contributed by atoms with E-state index in [4.69, 9.17) is 10.5 Å². The lowest BCUT2D eigenvalue weighted by Crippen LogP contribution is -2.16. The smallest absolute Gasteiger partial charge is 0.416 e. The van der Waals surface area contributed by atoms with Crippen molar-refractivity contribution in [2.45, 2.75) is 25.6 Å². The number of ether oxygens (including phenoxy) is 1. The van der Waals surface area contributed by atoms with Crippen molar-refractivity contribution in [2.24, 2.45) is 11.7 Å². The Hall–Kier alpha value is -2.25. The van der Waals surface area contributed by atoms with Crippen molar-refractivity contribution in [3.63, 3.8) is 0 Å². The molecular weight excluding hydrogens is 381 g/mol. The van der Waals surface area contributed by atoms with Crippen LogP contribution >= 0.6 is 12.4 Å². The molecule has 1 aliphatic rings. The summed E-state index contributed by atoms with van der Waals surface area (Å²) in [5, 5.41) is 2.51. The third kappa shape index (κ3) is 5.61. The van der Waals surface area contributed by atoms with Crippen molar-refractivity contribution in [1.29, 1.82) is 0 Å². The molecule has 0 atom stereocenters. The largest absolute Gasteiger partial charge is 0.492 e. The van der Waals surface area contributed by atoms with E-state index in [1.807, 2.05) is 0 Å². The Kier molecular flexibility index (Phi) is 6.73. The highest BCUT2D eigenvalue weighted by Crippen LogP contribution is 2.33. The number of nitrogens with one attached hydrogen (secondary N) is 1. The Labute approximate surface area is 161 Å². The summed E-state index contributed by atoms with van der Waals surface area (Å²) in [6.45, 7) is 0.471. The summed E-state index contributed by atoms with van der Waals surface area (Å²) < 4.78 is 44.7. The van der Waals surface area contributed by atoms with Gasteiger partial charge in [0.2, 0.25) is 0 Å². The summed E-state index contributed by atoms with van der Waals surface area (Å²) in [6, 6.07) is 9.98. The first-order valence-corrected chi connectivity index (χ1v) is 8.31. The highest BCUT2D eigenvalue weighted by atomic mass is 35.5. The van der Waals surface area contributed by atoms with Gasteiger partial charge in [0.25, 0.3) is 5.91 Å². The molecule has 0 heterocycles. The van der Waals surface area contributed by atoms with Gasteiger partial charge in [-0.25, -0.2) is 0 Å². The summed E-state index contributed by atoms with van der Waals surface area (Å²) in [4.78, 5) is 12.6. The number of rotatable bonds is 6.